The molecule has 2 nitrogen and oxygen atoms in total. The molecule has 0 bridgehead atoms. The first kappa shape index (κ1) is 15.9. The van der Waals surface area contributed by atoms with Crippen molar-refractivity contribution in [3.8, 4) is 0 Å². The molecule has 0 aliphatic carbocycles. The molecule has 0 aliphatic rings. The Balaban J connectivity index is 2.54. The van der Waals surface area contributed by atoms with Gasteiger partial charge in [0.15, 0.2) is 0 Å². The Morgan fingerprint density at radius 2 is 2.06 bits per heavy atom. The molecule has 0 amide bonds. The Hall–Kier alpha value is -0.160. The summed E-state index contributed by atoms with van der Waals surface area (Å²) < 4.78 is 2.17. The molecule has 1 aromatic carbocycles. The summed E-state index contributed by atoms with van der Waals surface area (Å²) in [5.41, 5.74) is 4.11. The number of benzene rings is 1. The molecule has 100 valence electrons. The van der Waals surface area contributed by atoms with Gasteiger partial charge in [-0.05, 0) is 43.0 Å². The van der Waals surface area contributed by atoms with Gasteiger partial charge in [-0.15, -0.1) is 6.58 Å². The Morgan fingerprint density at radius 1 is 1.28 bits per heavy atom. The molecule has 1 unspecified atom stereocenters. The number of hydrogen-bond acceptors (Lipinski definition) is 2. The minimum atomic E-state index is 0.195. The van der Waals surface area contributed by atoms with Crippen LogP contribution in [-0.2, 0) is 0 Å². The van der Waals surface area contributed by atoms with Crippen LogP contribution in [0.5, 0.6) is 0 Å². The van der Waals surface area contributed by atoms with Crippen molar-refractivity contribution in [2.45, 2.75) is 38.1 Å². The maximum atomic E-state index is 5.66. The minimum absolute atomic E-state index is 0.195. The molecule has 0 heterocycles. The molecule has 0 spiro atoms. The first-order valence-corrected chi connectivity index (χ1v) is 7.79. The van der Waals surface area contributed by atoms with Crippen LogP contribution in [0.25, 0.3) is 0 Å². The topological polar surface area (TPSA) is 38.0 Å². The molecule has 0 aliphatic heterocycles. The summed E-state index contributed by atoms with van der Waals surface area (Å²) in [7, 11) is 0. The third-order valence-electron chi connectivity index (χ3n) is 2.94. The van der Waals surface area contributed by atoms with Gasteiger partial charge in [0.1, 0.15) is 0 Å². The SMILES string of the molecule is C=CCCCCCC(NN)c1cc(Br)ccc1Br. The third kappa shape index (κ3) is 5.22. The highest BCUT2D eigenvalue weighted by atomic mass is 79.9. The fraction of sp³-hybridized carbons (Fsp3) is 0.429. The molecule has 18 heavy (non-hydrogen) atoms. The van der Waals surface area contributed by atoms with E-state index < -0.39 is 0 Å². The van der Waals surface area contributed by atoms with Gasteiger partial charge in [-0.2, -0.15) is 0 Å². The van der Waals surface area contributed by atoms with Crippen molar-refractivity contribution >= 4 is 31.9 Å². The van der Waals surface area contributed by atoms with Crippen molar-refractivity contribution in [2.24, 2.45) is 5.84 Å². The molecular weight excluding hydrogens is 356 g/mol. The molecule has 1 rings (SSSR count). The quantitative estimate of drug-likeness (QED) is 0.295. The van der Waals surface area contributed by atoms with Crippen molar-refractivity contribution in [2.75, 3.05) is 0 Å². The number of hydrogen-bond donors (Lipinski definition) is 2. The number of hydrazine groups is 1. The van der Waals surface area contributed by atoms with Gasteiger partial charge in [-0.25, -0.2) is 0 Å². The van der Waals surface area contributed by atoms with Crippen molar-refractivity contribution in [1.29, 1.82) is 0 Å². The van der Waals surface area contributed by atoms with Crippen LogP contribution in [0.15, 0.2) is 39.8 Å². The van der Waals surface area contributed by atoms with Crippen molar-refractivity contribution < 1.29 is 0 Å². The summed E-state index contributed by atoms with van der Waals surface area (Å²) in [5, 5.41) is 0. The van der Waals surface area contributed by atoms with Gasteiger partial charge < -0.3 is 0 Å². The predicted molar refractivity (Wildman–Crippen MR) is 85.2 cm³/mol. The Bertz CT molecular complexity index is 380. The fourth-order valence-electron chi connectivity index (χ4n) is 1.92. The highest BCUT2D eigenvalue weighted by Crippen LogP contribution is 2.29. The van der Waals surface area contributed by atoms with Crippen LogP contribution in [0.4, 0.5) is 0 Å². The Morgan fingerprint density at radius 3 is 2.72 bits per heavy atom. The van der Waals surface area contributed by atoms with Crippen LogP contribution in [0.3, 0.4) is 0 Å². The van der Waals surface area contributed by atoms with Crippen LogP contribution in [0, 0.1) is 0 Å². The van der Waals surface area contributed by atoms with Crippen LogP contribution in [0.1, 0.15) is 43.7 Å². The van der Waals surface area contributed by atoms with E-state index in [4.69, 9.17) is 5.84 Å². The summed E-state index contributed by atoms with van der Waals surface area (Å²) in [6.07, 6.45) is 7.71. The zero-order valence-electron chi connectivity index (χ0n) is 10.5. The lowest BCUT2D eigenvalue weighted by Crippen LogP contribution is -2.28. The Kier molecular flexibility index (Phi) is 7.82. The summed E-state index contributed by atoms with van der Waals surface area (Å²) in [6, 6.07) is 6.37. The highest BCUT2D eigenvalue weighted by molar-refractivity contribution is 9.11. The average Bonchev–Trinajstić information content (AvgIpc) is 2.37. The molecule has 4 heteroatoms. The van der Waals surface area contributed by atoms with Gasteiger partial charge in [0, 0.05) is 15.0 Å². The van der Waals surface area contributed by atoms with E-state index >= 15 is 0 Å². The second-order valence-electron chi connectivity index (χ2n) is 4.31. The maximum absolute atomic E-state index is 5.66. The van der Waals surface area contributed by atoms with Gasteiger partial charge in [-0.3, -0.25) is 11.3 Å². The fourth-order valence-corrected chi connectivity index (χ4v) is 2.83. The zero-order valence-corrected chi connectivity index (χ0v) is 13.6. The van der Waals surface area contributed by atoms with Gasteiger partial charge in [0.2, 0.25) is 0 Å². The Labute approximate surface area is 126 Å². The predicted octanol–water partition coefficient (Wildman–Crippen LogP) is 4.85. The third-order valence-corrected chi connectivity index (χ3v) is 4.15. The lowest BCUT2D eigenvalue weighted by Gasteiger charge is -2.18. The summed E-state index contributed by atoms with van der Waals surface area (Å²) in [5.74, 6) is 5.66. The number of rotatable bonds is 8. The van der Waals surface area contributed by atoms with E-state index in [0.29, 0.717) is 0 Å². The maximum Gasteiger partial charge on any atom is 0.0471 e. The summed E-state index contributed by atoms with van der Waals surface area (Å²) >= 11 is 7.07. The van der Waals surface area contributed by atoms with Crippen LogP contribution in [0.2, 0.25) is 0 Å². The number of unbranched alkanes of at least 4 members (excludes halogenated alkanes) is 3. The van der Waals surface area contributed by atoms with Crippen molar-refractivity contribution in [1.82, 2.24) is 5.43 Å². The second-order valence-corrected chi connectivity index (χ2v) is 6.08. The van der Waals surface area contributed by atoms with E-state index in [9.17, 15) is 0 Å². The van der Waals surface area contributed by atoms with E-state index in [0.717, 1.165) is 21.8 Å². The second kappa shape index (κ2) is 8.86. The van der Waals surface area contributed by atoms with Crippen LogP contribution < -0.4 is 11.3 Å². The first-order chi connectivity index (χ1) is 8.69. The number of halogens is 2. The van der Waals surface area contributed by atoms with Crippen LogP contribution >= 0.6 is 31.9 Å². The molecule has 0 saturated carbocycles. The van der Waals surface area contributed by atoms with Crippen molar-refractivity contribution in [3.05, 3.63) is 45.4 Å². The highest BCUT2D eigenvalue weighted by Gasteiger charge is 2.12. The lowest BCUT2D eigenvalue weighted by atomic mass is 10.0. The first-order valence-electron chi connectivity index (χ1n) is 6.21. The molecule has 0 saturated heterocycles. The van der Waals surface area contributed by atoms with E-state index in [-0.39, 0.29) is 6.04 Å². The average molecular weight is 376 g/mol. The molecule has 1 atom stereocenters. The largest absolute Gasteiger partial charge is 0.271 e. The van der Waals surface area contributed by atoms with E-state index in [1.165, 1.54) is 24.8 Å². The van der Waals surface area contributed by atoms with E-state index in [1.807, 2.05) is 18.2 Å². The number of nitrogens with one attached hydrogen (secondary N) is 1. The standard InChI is InChI=1S/C14H20Br2N2/c1-2-3-4-5-6-7-14(18-17)12-10-11(15)8-9-13(12)16/h2,8-10,14,18H,1,3-7,17H2. The monoisotopic (exact) mass is 374 g/mol. The molecule has 0 aromatic heterocycles. The molecule has 3 N–H and O–H groups in total. The normalized spacial score (nSPS) is 12.4. The smallest absolute Gasteiger partial charge is 0.0471 e. The van der Waals surface area contributed by atoms with E-state index in [1.54, 1.807) is 0 Å². The molecule has 0 fully saturated rings. The zero-order chi connectivity index (χ0) is 13.4. The van der Waals surface area contributed by atoms with Crippen molar-refractivity contribution in [3.63, 3.8) is 0 Å². The molecule has 1 aromatic rings. The molecule has 0 radical (unpaired) electrons. The van der Waals surface area contributed by atoms with Gasteiger partial charge in [0.25, 0.3) is 0 Å². The number of nitrogens with two attached hydrogens (primary N) is 1. The summed E-state index contributed by atoms with van der Waals surface area (Å²) in [4.78, 5) is 0. The molecular formula is C14H20Br2N2. The van der Waals surface area contributed by atoms with Gasteiger partial charge in [-0.1, -0.05) is 50.8 Å². The van der Waals surface area contributed by atoms with Gasteiger partial charge >= 0.3 is 0 Å². The van der Waals surface area contributed by atoms with Crippen LogP contribution in [-0.4, -0.2) is 0 Å². The van der Waals surface area contributed by atoms with Gasteiger partial charge in [0.05, 0.1) is 0 Å². The summed E-state index contributed by atoms with van der Waals surface area (Å²) in [6.45, 7) is 3.73. The minimum Gasteiger partial charge on any atom is -0.271 e. The number of allylic oxidation sites excluding steroid dienone is 1. The van der Waals surface area contributed by atoms with E-state index in [2.05, 4.69) is 49.9 Å². The lowest BCUT2D eigenvalue weighted by molar-refractivity contribution is 0.482.